The standard InChI is InChI=1S/C12H11BrFN5O3S.C11H8BrFN4O4S.CH5N/c1-15-9(20)5-23-12-10(18-22-19-12)11(17-21)16-6-2-3-8(14)7(13)4-6;12-6-3-5(1-2-7(6)13)14-10(15-20)9-11(17-21-16-9)22-4-8(18)19;1-2/h2-4,21H,5H2,1H3,(H,15,20)(H,16,17);1-3,20H,4H2,(H,14,15)(H,18,19);2H2,1H3. The number of carbonyl (C=O) groups excluding carboxylic acids is 1. The molecule has 23 heteroatoms. The summed E-state index contributed by atoms with van der Waals surface area (Å²) in [6.07, 6.45) is 0. The molecule has 0 radical (unpaired) electrons. The SMILES string of the molecule is CN.CNC(=O)CSc1nonc1C(=Nc1ccc(F)c(Br)c1)NO.O=C(O)CSc1nonc1C(=Nc1ccc(F)c(Br)c1)NO. The van der Waals surface area contributed by atoms with Crippen molar-refractivity contribution >= 4 is 90.3 Å². The van der Waals surface area contributed by atoms with Gasteiger partial charge in [-0.2, -0.15) is 0 Å². The van der Waals surface area contributed by atoms with E-state index in [1.54, 1.807) is 0 Å². The van der Waals surface area contributed by atoms with Crippen molar-refractivity contribution < 1.29 is 43.1 Å². The van der Waals surface area contributed by atoms with Crippen LogP contribution in [0.4, 0.5) is 20.2 Å². The van der Waals surface area contributed by atoms with E-state index in [9.17, 15) is 28.8 Å². The maximum atomic E-state index is 13.2. The molecule has 17 nitrogen and oxygen atoms in total. The summed E-state index contributed by atoms with van der Waals surface area (Å²) >= 11 is 7.99. The number of amidine groups is 2. The summed E-state index contributed by atoms with van der Waals surface area (Å²) in [6.45, 7) is 0. The molecule has 0 saturated carbocycles. The summed E-state index contributed by atoms with van der Waals surface area (Å²) in [5.74, 6) is -2.48. The number of aliphatic imine (C=N–C) groups is 2. The fourth-order valence-corrected chi connectivity index (χ4v) is 4.92. The number of rotatable bonds is 10. The van der Waals surface area contributed by atoms with Crippen LogP contribution in [0.1, 0.15) is 11.4 Å². The van der Waals surface area contributed by atoms with Gasteiger partial charge in [-0.05, 0) is 95.9 Å². The zero-order valence-corrected chi connectivity index (χ0v) is 28.7. The Labute approximate surface area is 289 Å². The van der Waals surface area contributed by atoms with Crippen LogP contribution in [-0.4, -0.2) is 85.3 Å². The summed E-state index contributed by atoms with van der Waals surface area (Å²) in [7, 11) is 3.01. The van der Waals surface area contributed by atoms with E-state index in [0.717, 1.165) is 23.5 Å². The van der Waals surface area contributed by atoms with Crippen LogP contribution >= 0.6 is 55.4 Å². The minimum absolute atomic E-state index is 0.0363. The maximum absolute atomic E-state index is 13.2. The number of carboxylic acids is 1. The van der Waals surface area contributed by atoms with Crippen LogP contribution in [0, 0.1) is 11.6 Å². The molecule has 2 aromatic carbocycles. The number of hydrogen-bond acceptors (Lipinski definition) is 15. The average molecular weight is 826 g/mol. The molecule has 0 aliphatic carbocycles. The second-order valence-electron chi connectivity index (χ2n) is 7.82. The molecule has 47 heavy (non-hydrogen) atoms. The number of benzene rings is 2. The lowest BCUT2D eigenvalue weighted by Crippen LogP contribution is -2.22. The van der Waals surface area contributed by atoms with Crippen LogP contribution in [0.25, 0.3) is 0 Å². The van der Waals surface area contributed by atoms with E-state index in [-0.39, 0.29) is 59.5 Å². The Balaban J connectivity index is 0.000000311. The number of nitrogens with one attached hydrogen (secondary N) is 3. The number of hydrogen-bond donors (Lipinski definition) is 7. The molecule has 4 aromatic rings. The molecule has 2 aromatic heterocycles. The number of thioether (sulfide) groups is 2. The molecular weight excluding hydrogens is 802 g/mol. The number of carboxylic acid groups (broad SMARTS) is 1. The second kappa shape index (κ2) is 20.3. The number of nitrogens with zero attached hydrogens (tertiary/aromatic N) is 6. The van der Waals surface area contributed by atoms with E-state index in [4.69, 9.17) is 5.11 Å². The van der Waals surface area contributed by atoms with Gasteiger partial charge in [0.2, 0.25) is 5.91 Å². The van der Waals surface area contributed by atoms with Crippen molar-refractivity contribution in [1.82, 2.24) is 36.9 Å². The lowest BCUT2D eigenvalue weighted by molar-refractivity contribution is -0.133. The van der Waals surface area contributed by atoms with E-state index in [2.05, 4.69) is 82.8 Å². The van der Waals surface area contributed by atoms with Gasteiger partial charge in [-0.25, -0.2) is 28.0 Å². The fraction of sp³-hybridized carbons (Fsp3) is 0.167. The van der Waals surface area contributed by atoms with Crippen molar-refractivity contribution in [3.8, 4) is 0 Å². The van der Waals surface area contributed by atoms with Crippen LogP contribution < -0.4 is 22.0 Å². The second-order valence-corrected chi connectivity index (χ2v) is 11.5. The molecule has 0 bridgehead atoms. The van der Waals surface area contributed by atoms with Crippen LogP contribution in [0.3, 0.4) is 0 Å². The number of hydroxylamine groups is 2. The van der Waals surface area contributed by atoms with E-state index in [0.29, 0.717) is 11.4 Å². The number of aromatic nitrogens is 4. The van der Waals surface area contributed by atoms with Gasteiger partial charge in [-0.3, -0.25) is 31.0 Å². The van der Waals surface area contributed by atoms with Crippen molar-refractivity contribution in [3.63, 3.8) is 0 Å². The Morgan fingerprint density at radius 1 is 0.830 bits per heavy atom. The number of carbonyl (C=O) groups is 2. The zero-order chi connectivity index (χ0) is 34.9. The number of nitrogens with two attached hydrogens (primary N) is 1. The van der Waals surface area contributed by atoms with Crippen LogP contribution in [0.2, 0.25) is 0 Å². The first-order valence-corrected chi connectivity index (χ1v) is 15.9. The Morgan fingerprint density at radius 3 is 1.62 bits per heavy atom. The highest BCUT2D eigenvalue weighted by atomic mass is 79.9. The quantitative estimate of drug-likeness (QED) is 0.0521. The molecule has 4 rings (SSSR count). The van der Waals surface area contributed by atoms with Crippen LogP contribution in [0.15, 0.2) is 74.6 Å². The Kier molecular flexibility index (Phi) is 16.9. The first-order chi connectivity index (χ1) is 22.6. The molecule has 0 aliphatic heterocycles. The highest BCUT2D eigenvalue weighted by molar-refractivity contribution is 9.10. The first-order valence-electron chi connectivity index (χ1n) is 12.4. The molecule has 1 amide bonds. The maximum Gasteiger partial charge on any atom is 0.313 e. The topological polar surface area (TPSA) is 259 Å². The normalized spacial score (nSPS) is 11.1. The summed E-state index contributed by atoms with van der Waals surface area (Å²) in [5, 5.41) is 44.4. The Bertz CT molecular complexity index is 1710. The van der Waals surface area contributed by atoms with Gasteiger partial charge in [0.05, 0.1) is 31.8 Å². The first kappa shape index (κ1) is 39.2. The van der Waals surface area contributed by atoms with Gasteiger partial charge in [-0.15, -0.1) is 0 Å². The predicted octanol–water partition coefficient (Wildman–Crippen LogP) is 3.65. The molecule has 0 fully saturated rings. The average Bonchev–Trinajstić information content (AvgIpc) is 3.74. The molecule has 0 spiro atoms. The monoisotopic (exact) mass is 824 g/mol. The predicted molar refractivity (Wildman–Crippen MR) is 172 cm³/mol. The number of aliphatic carboxylic acids is 1. The summed E-state index contributed by atoms with van der Waals surface area (Å²) in [5.41, 5.74) is 9.07. The van der Waals surface area contributed by atoms with Gasteiger partial charge in [0.15, 0.2) is 33.1 Å². The summed E-state index contributed by atoms with van der Waals surface area (Å²) in [4.78, 5) is 30.0. The van der Waals surface area contributed by atoms with E-state index >= 15 is 0 Å². The highest BCUT2D eigenvalue weighted by Crippen LogP contribution is 2.26. The van der Waals surface area contributed by atoms with Crippen molar-refractivity contribution in [1.29, 1.82) is 0 Å². The van der Waals surface area contributed by atoms with E-state index < -0.39 is 17.6 Å². The molecular formula is C24H24Br2F2N10O7S2. The number of halogens is 4. The molecule has 8 N–H and O–H groups in total. The van der Waals surface area contributed by atoms with Gasteiger partial charge < -0.3 is 16.2 Å². The van der Waals surface area contributed by atoms with Crippen molar-refractivity contribution in [2.24, 2.45) is 15.7 Å². The van der Waals surface area contributed by atoms with Crippen molar-refractivity contribution in [2.75, 3.05) is 25.6 Å². The summed E-state index contributed by atoms with van der Waals surface area (Å²) < 4.78 is 36.0. The van der Waals surface area contributed by atoms with Gasteiger partial charge in [0.25, 0.3) is 0 Å². The molecule has 0 unspecified atom stereocenters. The minimum atomic E-state index is -1.04. The third-order valence-corrected chi connectivity index (χ3v) is 7.91. The third-order valence-electron chi connectivity index (χ3n) is 4.82. The molecule has 0 atom stereocenters. The number of amides is 1. The Morgan fingerprint density at radius 2 is 1.26 bits per heavy atom. The van der Waals surface area contributed by atoms with Gasteiger partial charge >= 0.3 is 5.97 Å². The highest BCUT2D eigenvalue weighted by Gasteiger charge is 2.19. The molecule has 0 aliphatic rings. The molecule has 252 valence electrons. The van der Waals surface area contributed by atoms with Crippen molar-refractivity contribution in [3.05, 3.63) is 68.4 Å². The zero-order valence-electron chi connectivity index (χ0n) is 23.9. The molecule has 2 heterocycles. The Hall–Kier alpha value is -4.00. The van der Waals surface area contributed by atoms with Crippen LogP contribution in [-0.2, 0) is 9.59 Å². The third kappa shape index (κ3) is 12.3. The van der Waals surface area contributed by atoms with Gasteiger partial charge in [-0.1, -0.05) is 23.5 Å². The lowest BCUT2D eigenvalue weighted by Gasteiger charge is -2.03. The largest absolute Gasteiger partial charge is 0.481 e. The van der Waals surface area contributed by atoms with Gasteiger partial charge in [0.1, 0.15) is 11.6 Å². The minimum Gasteiger partial charge on any atom is -0.481 e. The van der Waals surface area contributed by atoms with Crippen LogP contribution in [0.5, 0.6) is 0 Å². The van der Waals surface area contributed by atoms with E-state index in [1.165, 1.54) is 50.5 Å². The molecule has 0 saturated heterocycles. The van der Waals surface area contributed by atoms with Gasteiger partial charge in [0, 0.05) is 7.05 Å². The fourth-order valence-electron chi connectivity index (χ4n) is 2.81. The smallest absolute Gasteiger partial charge is 0.313 e. The summed E-state index contributed by atoms with van der Waals surface area (Å²) in [6, 6.07) is 8.04. The van der Waals surface area contributed by atoms with Crippen molar-refractivity contribution in [2.45, 2.75) is 10.1 Å². The lowest BCUT2D eigenvalue weighted by atomic mass is 10.3. The van der Waals surface area contributed by atoms with E-state index in [1.807, 2.05) is 11.0 Å².